The molecule has 1 aromatic heterocycles. The molecule has 0 unspecified atom stereocenters. The summed E-state index contributed by atoms with van der Waals surface area (Å²) in [6, 6.07) is 7.67. The maximum Gasteiger partial charge on any atom is 0.258 e. The smallest absolute Gasteiger partial charge is 0.258 e. The molecule has 5 nitrogen and oxygen atoms in total. The van der Waals surface area contributed by atoms with Crippen molar-refractivity contribution < 1.29 is 4.79 Å². The number of benzene rings is 1. The molecule has 0 spiro atoms. The number of para-hydroxylation sites is 1. The van der Waals surface area contributed by atoms with Crippen LogP contribution in [0.3, 0.4) is 0 Å². The quantitative estimate of drug-likeness (QED) is 0.918. The Morgan fingerprint density at radius 1 is 1.25 bits per heavy atom. The maximum absolute atomic E-state index is 12.6. The Morgan fingerprint density at radius 3 is 2.75 bits per heavy atom. The number of amides is 1. The van der Waals surface area contributed by atoms with Crippen LogP contribution < -0.4 is 5.56 Å². The van der Waals surface area contributed by atoms with Crippen molar-refractivity contribution in [3.05, 3.63) is 40.4 Å². The minimum Gasteiger partial charge on any atom is -0.340 e. The van der Waals surface area contributed by atoms with Crippen LogP contribution in [-0.4, -0.2) is 33.4 Å². The number of nitrogens with zero attached hydrogens (tertiary/aromatic N) is 2. The molecule has 1 saturated carbocycles. The van der Waals surface area contributed by atoms with Gasteiger partial charge < -0.3 is 9.88 Å². The van der Waals surface area contributed by atoms with Gasteiger partial charge in [0.2, 0.25) is 5.91 Å². The highest BCUT2D eigenvalue weighted by Gasteiger charge is 2.23. The maximum atomic E-state index is 12.6. The molecule has 0 radical (unpaired) electrons. The number of carbonyl (C=O) groups is 1. The SMILES string of the molecule is CCN(C(=O)CCc1nc2ccccc2c(=O)[nH]1)C1CCCCC1. The van der Waals surface area contributed by atoms with Crippen molar-refractivity contribution in [2.24, 2.45) is 0 Å². The monoisotopic (exact) mass is 327 g/mol. The molecule has 1 heterocycles. The van der Waals surface area contributed by atoms with E-state index in [1.165, 1.54) is 19.3 Å². The van der Waals surface area contributed by atoms with Crippen molar-refractivity contribution in [3.8, 4) is 0 Å². The van der Waals surface area contributed by atoms with Gasteiger partial charge in [-0.25, -0.2) is 4.98 Å². The highest BCUT2D eigenvalue weighted by atomic mass is 16.2. The molecule has 0 atom stereocenters. The highest BCUT2D eigenvalue weighted by molar-refractivity contribution is 5.78. The Kier molecular flexibility index (Phi) is 5.28. The molecule has 1 amide bonds. The van der Waals surface area contributed by atoms with E-state index in [1.54, 1.807) is 6.07 Å². The first kappa shape index (κ1) is 16.7. The van der Waals surface area contributed by atoms with Crippen molar-refractivity contribution in [1.82, 2.24) is 14.9 Å². The van der Waals surface area contributed by atoms with E-state index in [0.717, 1.165) is 19.4 Å². The summed E-state index contributed by atoms with van der Waals surface area (Å²) >= 11 is 0. The van der Waals surface area contributed by atoms with Gasteiger partial charge >= 0.3 is 0 Å². The molecule has 2 aromatic rings. The predicted molar refractivity (Wildman–Crippen MR) is 94.9 cm³/mol. The van der Waals surface area contributed by atoms with E-state index in [9.17, 15) is 9.59 Å². The summed E-state index contributed by atoms with van der Waals surface area (Å²) < 4.78 is 0. The molecule has 128 valence electrons. The number of carbonyl (C=O) groups excluding carboxylic acids is 1. The van der Waals surface area contributed by atoms with Gasteiger partial charge in [0.15, 0.2) is 0 Å². The van der Waals surface area contributed by atoms with Crippen LogP contribution in [0.4, 0.5) is 0 Å². The molecule has 0 aliphatic heterocycles. The fourth-order valence-electron chi connectivity index (χ4n) is 3.65. The third-order valence-corrected chi connectivity index (χ3v) is 4.91. The molecule has 5 heteroatoms. The van der Waals surface area contributed by atoms with Crippen LogP contribution in [0.1, 0.15) is 51.3 Å². The molecule has 1 fully saturated rings. The Labute approximate surface area is 142 Å². The zero-order valence-electron chi connectivity index (χ0n) is 14.3. The highest BCUT2D eigenvalue weighted by Crippen LogP contribution is 2.23. The summed E-state index contributed by atoms with van der Waals surface area (Å²) in [6.45, 7) is 2.80. The molecule has 3 rings (SSSR count). The minimum atomic E-state index is -0.136. The number of hydrogen-bond acceptors (Lipinski definition) is 3. The average molecular weight is 327 g/mol. The molecular weight excluding hydrogens is 302 g/mol. The van der Waals surface area contributed by atoms with Gasteiger partial charge in [0, 0.05) is 25.4 Å². The van der Waals surface area contributed by atoms with Gasteiger partial charge in [-0.2, -0.15) is 0 Å². The van der Waals surface area contributed by atoms with Crippen LogP contribution in [0.2, 0.25) is 0 Å². The lowest BCUT2D eigenvalue weighted by Gasteiger charge is -2.33. The van der Waals surface area contributed by atoms with Crippen LogP contribution >= 0.6 is 0 Å². The number of nitrogens with one attached hydrogen (secondary N) is 1. The van der Waals surface area contributed by atoms with Crippen LogP contribution in [0.15, 0.2) is 29.1 Å². The van der Waals surface area contributed by atoms with Crippen LogP contribution in [0.5, 0.6) is 0 Å². The molecule has 24 heavy (non-hydrogen) atoms. The Hall–Kier alpha value is -2.17. The molecule has 1 aliphatic rings. The summed E-state index contributed by atoms with van der Waals surface area (Å²) in [5.74, 6) is 0.756. The van der Waals surface area contributed by atoms with Crippen molar-refractivity contribution >= 4 is 16.8 Å². The summed E-state index contributed by atoms with van der Waals surface area (Å²) in [5, 5.41) is 0.588. The topological polar surface area (TPSA) is 66.1 Å². The predicted octanol–water partition coefficient (Wildman–Crippen LogP) is 3.04. The van der Waals surface area contributed by atoms with E-state index in [0.29, 0.717) is 35.6 Å². The third-order valence-electron chi connectivity index (χ3n) is 4.91. The number of aromatic nitrogens is 2. The number of rotatable bonds is 5. The average Bonchev–Trinajstić information content (AvgIpc) is 2.61. The van der Waals surface area contributed by atoms with Crippen molar-refractivity contribution in [3.63, 3.8) is 0 Å². The number of H-pyrrole nitrogens is 1. The Balaban J connectivity index is 1.68. The van der Waals surface area contributed by atoms with Gasteiger partial charge in [-0.3, -0.25) is 9.59 Å². The number of hydrogen-bond donors (Lipinski definition) is 1. The first-order valence-corrected chi connectivity index (χ1v) is 8.96. The van der Waals surface area contributed by atoms with Gasteiger partial charge in [0.05, 0.1) is 10.9 Å². The first-order valence-electron chi connectivity index (χ1n) is 8.96. The summed E-state index contributed by atoms with van der Waals surface area (Å²) in [5.41, 5.74) is 0.547. The number of aryl methyl sites for hydroxylation is 1. The third kappa shape index (κ3) is 3.66. The Morgan fingerprint density at radius 2 is 2.00 bits per heavy atom. The fraction of sp³-hybridized carbons (Fsp3) is 0.526. The zero-order valence-corrected chi connectivity index (χ0v) is 14.3. The van der Waals surface area contributed by atoms with Gasteiger partial charge in [0.1, 0.15) is 5.82 Å². The van der Waals surface area contributed by atoms with E-state index < -0.39 is 0 Å². The van der Waals surface area contributed by atoms with Gasteiger partial charge in [0.25, 0.3) is 5.56 Å². The molecule has 1 aromatic carbocycles. The lowest BCUT2D eigenvalue weighted by Crippen LogP contribution is -2.41. The van der Waals surface area contributed by atoms with Crippen LogP contribution in [0, 0.1) is 0 Å². The van der Waals surface area contributed by atoms with E-state index in [1.807, 2.05) is 30.0 Å². The molecule has 1 N–H and O–H groups in total. The van der Waals surface area contributed by atoms with E-state index in [4.69, 9.17) is 0 Å². The van der Waals surface area contributed by atoms with Crippen LogP contribution in [0.25, 0.3) is 10.9 Å². The van der Waals surface area contributed by atoms with Crippen molar-refractivity contribution in [2.75, 3.05) is 6.54 Å². The molecule has 0 saturated heterocycles. The van der Waals surface area contributed by atoms with Crippen molar-refractivity contribution in [2.45, 2.75) is 57.9 Å². The molecule has 1 aliphatic carbocycles. The van der Waals surface area contributed by atoms with Crippen LogP contribution in [-0.2, 0) is 11.2 Å². The van der Waals surface area contributed by atoms with E-state index in [2.05, 4.69) is 9.97 Å². The molecule has 0 bridgehead atoms. The van der Waals surface area contributed by atoms with Gasteiger partial charge in [-0.15, -0.1) is 0 Å². The Bertz CT molecular complexity index is 763. The summed E-state index contributed by atoms with van der Waals surface area (Å²) in [6.07, 6.45) is 6.81. The van der Waals surface area contributed by atoms with E-state index in [-0.39, 0.29) is 11.5 Å². The fourth-order valence-corrected chi connectivity index (χ4v) is 3.65. The lowest BCUT2D eigenvalue weighted by molar-refractivity contribution is -0.133. The van der Waals surface area contributed by atoms with E-state index >= 15 is 0 Å². The number of fused-ring (bicyclic) bond motifs is 1. The van der Waals surface area contributed by atoms with Gasteiger partial charge in [-0.05, 0) is 31.9 Å². The number of aromatic amines is 1. The normalized spacial score (nSPS) is 15.5. The lowest BCUT2D eigenvalue weighted by atomic mass is 9.94. The second kappa shape index (κ2) is 7.60. The summed E-state index contributed by atoms with van der Waals surface area (Å²) in [7, 11) is 0. The van der Waals surface area contributed by atoms with Crippen molar-refractivity contribution in [1.29, 1.82) is 0 Å². The van der Waals surface area contributed by atoms with Gasteiger partial charge in [-0.1, -0.05) is 31.4 Å². The first-order chi connectivity index (χ1) is 11.7. The standard InChI is InChI=1S/C19H25N3O2/c1-2-22(14-8-4-3-5-9-14)18(23)13-12-17-20-16-11-7-6-10-15(16)19(24)21-17/h6-7,10-11,14H,2-5,8-9,12-13H2,1H3,(H,20,21,24). The second-order valence-corrected chi connectivity index (χ2v) is 6.50. The zero-order chi connectivity index (χ0) is 16.9. The molecular formula is C19H25N3O2. The minimum absolute atomic E-state index is 0.136. The largest absolute Gasteiger partial charge is 0.340 e. The second-order valence-electron chi connectivity index (χ2n) is 6.50. The summed E-state index contributed by atoms with van der Waals surface area (Å²) in [4.78, 5) is 34.0.